The second-order valence-electron chi connectivity index (χ2n) is 4.55. The molecule has 0 amide bonds. The third-order valence-corrected chi connectivity index (χ3v) is 4.80. The minimum Gasteiger partial charge on any atom is -0.497 e. The van der Waals surface area contributed by atoms with Crippen molar-refractivity contribution in [1.29, 1.82) is 0 Å². The van der Waals surface area contributed by atoms with Crippen LogP contribution in [0.4, 0.5) is 5.69 Å². The summed E-state index contributed by atoms with van der Waals surface area (Å²) in [4.78, 5) is 1.36. The summed E-state index contributed by atoms with van der Waals surface area (Å²) in [5, 5.41) is 5.59. The maximum atomic E-state index is 5.42. The van der Waals surface area contributed by atoms with Crippen molar-refractivity contribution in [2.24, 2.45) is 0 Å². The van der Waals surface area contributed by atoms with E-state index in [1.807, 2.05) is 18.2 Å². The number of thiophene rings is 1. The minimum absolute atomic E-state index is 0.791. The lowest BCUT2D eigenvalue weighted by molar-refractivity contribution is 0.405. The molecule has 6 heteroatoms. The number of anilines is 1. The first-order valence-electron chi connectivity index (χ1n) is 6.41. The number of nitrogens with one attached hydrogen (secondary N) is 1. The molecular formula is C15H15IN2O2S. The number of fused-ring (bicyclic) bond motifs is 1. The molecule has 4 nitrogen and oxygen atoms in total. The SMILES string of the molecule is COc1ccc(OC)c(NC2=CN(I)Cc3sccc32)c1. The molecule has 0 bridgehead atoms. The third-order valence-electron chi connectivity index (χ3n) is 3.28. The van der Waals surface area contributed by atoms with Gasteiger partial charge in [-0.1, -0.05) is 0 Å². The zero-order chi connectivity index (χ0) is 14.8. The zero-order valence-electron chi connectivity index (χ0n) is 11.7. The molecule has 1 aromatic heterocycles. The standard InChI is InChI=1S/C15H15IN2O2S/c1-19-10-3-4-14(20-2)12(7-10)17-13-8-18(16)9-15-11(13)5-6-21-15/h3-8,17H,9H2,1-2H3. The van der Waals surface area contributed by atoms with Crippen molar-refractivity contribution in [2.75, 3.05) is 19.5 Å². The molecule has 1 aliphatic rings. The van der Waals surface area contributed by atoms with Gasteiger partial charge in [0.2, 0.25) is 0 Å². The van der Waals surface area contributed by atoms with Crippen LogP contribution in [-0.2, 0) is 6.54 Å². The molecule has 0 saturated heterocycles. The Balaban J connectivity index is 1.96. The van der Waals surface area contributed by atoms with E-state index in [1.54, 1.807) is 25.6 Å². The van der Waals surface area contributed by atoms with Crippen LogP contribution in [-0.4, -0.2) is 17.3 Å². The fourth-order valence-corrected chi connectivity index (χ4v) is 3.99. The molecule has 0 radical (unpaired) electrons. The van der Waals surface area contributed by atoms with Crippen LogP contribution in [0, 0.1) is 0 Å². The van der Waals surface area contributed by atoms with E-state index in [-0.39, 0.29) is 0 Å². The Labute approximate surface area is 141 Å². The molecule has 2 aromatic rings. The van der Waals surface area contributed by atoms with Crippen molar-refractivity contribution in [2.45, 2.75) is 6.54 Å². The summed E-state index contributed by atoms with van der Waals surface area (Å²) in [6, 6.07) is 7.88. The number of hydrogen-bond donors (Lipinski definition) is 1. The Morgan fingerprint density at radius 3 is 2.86 bits per heavy atom. The smallest absolute Gasteiger partial charge is 0.142 e. The molecule has 0 aliphatic carbocycles. The van der Waals surface area contributed by atoms with Crippen LogP contribution in [0.1, 0.15) is 10.4 Å². The highest BCUT2D eigenvalue weighted by Gasteiger charge is 2.18. The average Bonchev–Trinajstić information content (AvgIpc) is 2.95. The van der Waals surface area contributed by atoms with Crippen molar-refractivity contribution in [3.8, 4) is 11.5 Å². The maximum Gasteiger partial charge on any atom is 0.142 e. The van der Waals surface area contributed by atoms with E-state index >= 15 is 0 Å². The van der Waals surface area contributed by atoms with Crippen LogP contribution in [0.25, 0.3) is 5.70 Å². The first-order valence-corrected chi connectivity index (χ1v) is 8.25. The number of rotatable bonds is 4. The predicted molar refractivity (Wildman–Crippen MR) is 95.0 cm³/mol. The number of halogens is 1. The lowest BCUT2D eigenvalue weighted by Gasteiger charge is -2.23. The summed E-state index contributed by atoms with van der Waals surface area (Å²) in [7, 11) is 3.33. The van der Waals surface area contributed by atoms with Crippen molar-refractivity contribution in [3.05, 3.63) is 46.3 Å². The lowest BCUT2D eigenvalue weighted by atomic mass is 10.1. The molecule has 1 aromatic carbocycles. The van der Waals surface area contributed by atoms with Crippen LogP contribution in [0.3, 0.4) is 0 Å². The van der Waals surface area contributed by atoms with Gasteiger partial charge >= 0.3 is 0 Å². The summed E-state index contributed by atoms with van der Waals surface area (Å²) in [5.74, 6) is 1.59. The minimum atomic E-state index is 0.791. The molecule has 0 fully saturated rings. The van der Waals surface area contributed by atoms with Crippen LogP contribution in [0.15, 0.2) is 35.8 Å². The molecule has 110 valence electrons. The summed E-state index contributed by atoms with van der Waals surface area (Å²) in [6.07, 6.45) is 2.11. The fourth-order valence-electron chi connectivity index (χ4n) is 2.25. The molecule has 0 unspecified atom stereocenters. The molecule has 3 rings (SSSR count). The van der Waals surface area contributed by atoms with Crippen LogP contribution >= 0.6 is 34.2 Å². The van der Waals surface area contributed by atoms with Gasteiger partial charge in [0.25, 0.3) is 0 Å². The topological polar surface area (TPSA) is 33.7 Å². The second-order valence-corrected chi connectivity index (χ2v) is 6.79. The number of ether oxygens (including phenoxy) is 2. The van der Waals surface area contributed by atoms with E-state index in [1.165, 1.54) is 10.4 Å². The number of benzene rings is 1. The lowest BCUT2D eigenvalue weighted by Crippen LogP contribution is -2.13. The van der Waals surface area contributed by atoms with Crippen molar-refractivity contribution in [1.82, 2.24) is 3.11 Å². The second kappa shape index (κ2) is 6.15. The van der Waals surface area contributed by atoms with Gasteiger partial charge in [-0.15, -0.1) is 11.3 Å². The molecule has 21 heavy (non-hydrogen) atoms. The average molecular weight is 414 g/mol. The van der Waals surface area contributed by atoms with E-state index < -0.39 is 0 Å². The Hall–Kier alpha value is -1.41. The van der Waals surface area contributed by atoms with Gasteiger partial charge in [-0.05, 0) is 23.6 Å². The molecular weight excluding hydrogens is 399 g/mol. The molecule has 2 heterocycles. The van der Waals surface area contributed by atoms with Gasteiger partial charge in [0, 0.05) is 22.7 Å². The fraction of sp³-hybridized carbons (Fsp3) is 0.200. The van der Waals surface area contributed by atoms with Gasteiger partial charge in [0.1, 0.15) is 11.5 Å². The highest BCUT2D eigenvalue weighted by atomic mass is 127. The van der Waals surface area contributed by atoms with Crippen LogP contribution in [0.2, 0.25) is 0 Å². The molecule has 1 aliphatic heterocycles. The van der Waals surface area contributed by atoms with Crippen LogP contribution in [0.5, 0.6) is 11.5 Å². The van der Waals surface area contributed by atoms with Gasteiger partial charge in [0.05, 0.1) is 55.0 Å². The Morgan fingerprint density at radius 2 is 2.10 bits per heavy atom. The summed E-state index contributed by atoms with van der Waals surface area (Å²) in [6.45, 7) is 0.938. The van der Waals surface area contributed by atoms with Gasteiger partial charge in [-0.25, -0.2) is 0 Å². The van der Waals surface area contributed by atoms with Crippen molar-refractivity contribution in [3.63, 3.8) is 0 Å². The van der Waals surface area contributed by atoms with Crippen molar-refractivity contribution >= 4 is 45.6 Å². The Kier molecular flexibility index (Phi) is 4.25. The van der Waals surface area contributed by atoms with E-state index in [9.17, 15) is 0 Å². The van der Waals surface area contributed by atoms with Crippen molar-refractivity contribution < 1.29 is 9.47 Å². The molecule has 1 N–H and O–H groups in total. The number of hydrogen-bond acceptors (Lipinski definition) is 5. The van der Waals surface area contributed by atoms with E-state index in [0.29, 0.717) is 0 Å². The van der Waals surface area contributed by atoms with Gasteiger partial charge < -0.3 is 17.9 Å². The number of nitrogens with zero attached hydrogens (tertiary/aromatic N) is 1. The first kappa shape index (κ1) is 14.5. The Bertz CT molecular complexity index is 684. The third kappa shape index (κ3) is 2.96. The van der Waals surface area contributed by atoms with Crippen LogP contribution < -0.4 is 14.8 Å². The molecule has 0 spiro atoms. The van der Waals surface area contributed by atoms with E-state index in [2.05, 4.69) is 48.9 Å². The highest BCUT2D eigenvalue weighted by molar-refractivity contribution is 14.1. The summed E-state index contributed by atoms with van der Waals surface area (Å²) in [5.41, 5.74) is 3.21. The van der Waals surface area contributed by atoms with Gasteiger partial charge in [-0.2, -0.15) is 0 Å². The van der Waals surface area contributed by atoms with E-state index in [0.717, 1.165) is 29.4 Å². The largest absolute Gasteiger partial charge is 0.497 e. The predicted octanol–water partition coefficient (Wildman–Crippen LogP) is 4.34. The van der Waals surface area contributed by atoms with Gasteiger partial charge in [0.15, 0.2) is 0 Å². The quantitative estimate of drug-likeness (QED) is 0.596. The van der Waals surface area contributed by atoms with E-state index in [4.69, 9.17) is 9.47 Å². The van der Waals surface area contributed by atoms with Gasteiger partial charge in [-0.3, -0.25) is 0 Å². The Morgan fingerprint density at radius 1 is 1.24 bits per heavy atom. The summed E-state index contributed by atoms with van der Waals surface area (Å²) < 4.78 is 12.9. The normalized spacial score (nSPS) is 13.5. The molecule has 0 saturated carbocycles. The first-order chi connectivity index (χ1) is 10.2. The zero-order valence-corrected chi connectivity index (χ0v) is 14.7. The molecule has 0 atom stereocenters. The highest BCUT2D eigenvalue weighted by Crippen LogP contribution is 2.36. The summed E-state index contributed by atoms with van der Waals surface area (Å²) >= 11 is 4.09. The number of methoxy groups -OCH3 is 2. The monoisotopic (exact) mass is 414 g/mol. The maximum absolute atomic E-state index is 5.42.